The van der Waals surface area contributed by atoms with Gasteiger partial charge in [0, 0.05) is 79.4 Å². The third-order valence-electron chi connectivity index (χ3n) is 20.9. The van der Waals surface area contributed by atoms with Gasteiger partial charge in [0.25, 0.3) is 5.60 Å². The van der Waals surface area contributed by atoms with Crippen molar-refractivity contribution in [3.8, 4) is 5.75 Å². The van der Waals surface area contributed by atoms with Crippen molar-refractivity contribution in [1.29, 1.82) is 0 Å². The first kappa shape index (κ1) is 62.8. The van der Waals surface area contributed by atoms with Crippen molar-refractivity contribution < 1.29 is 62.6 Å². The maximum absolute atomic E-state index is 15.8. The molecule has 1 spiro atoms. The fourth-order valence-corrected chi connectivity index (χ4v) is 17.8. The van der Waals surface area contributed by atoms with Gasteiger partial charge in [0.1, 0.15) is 23.3 Å². The van der Waals surface area contributed by atoms with Crippen LogP contribution in [0.1, 0.15) is 138 Å². The molecule has 10 rings (SSSR count). The van der Waals surface area contributed by atoms with E-state index >= 15 is 14.4 Å². The average Bonchev–Trinajstić information content (AvgIpc) is 1.49. The summed E-state index contributed by atoms with van der Waals surface area (Å²) in [6, 6.07) is 11.8. The molecule has 12 atom stereocenters. The SMILES string of the molecule is CCC1(O)C[C@H]2CN(CCC=C(Nc3ccccc3)[C@@](C(=O)OC)(c3cc4c(cc3OC)N(OC)[C@H]3[C@@](OC(=O)O[C@@H]5CC(C)=C(C=CC=CC6=C(C)C[C@H](O)CC6(C)C)C(C)(C)C5)(C(=O)OC)[C@H](OC(C)=O)[C@]5(CC)C=CCN6CC[C@]43[C@@H]65)C2)C1. The van der Waals surface area contributed by atoms with Gasteiger partial charge < -0.3 is 44.0 Å². The third kappa shape index (κ3) is 10.4. The van der Waals surface area contributed by atoms with E-state index < -0.39 is 81.2 Å². The van der Waals surface area contributed by atoms with E-state index in [0.717, 1.165) is 16.8 Å². The average molecular weight is 1190 g/mol. The zero-order valence-electron chi connectivity index (χ0n) is 52.9. The number of rotatable bonds is 15. The molecule has 8 aliphatic rings. The number of allylic oxidation sites excluding steroid dienone is 6. The lowest BCUT2D eigenvalue weighted by molar-refractivity contribution is -0.238. The number of anilines is 2. The zero-order chi connectivity index (χ0) is 61.9. The summed E-state index contributed by atoms with van der Waals surface area (Å²) in [5, 5.41) is 28.0. The lowest BCUT2D eigenvalue weighted by Gasteiger charge is -2.63. The summed E-state index contributed by atoms with van der Waals surface area (Å²) < 4.78 is 38.4. The van der Waals surface area contributed by atoms with Gasteiger partial charge in [-0.25, -0.2) is 14.7 Å². The van der Waals surface area contributed by atoms with Crippen LogP contribution in [0.25, 0.3) is 0 Å². The molecule has 466 valence electrons. The lowest BCUT2D eigenvalue weighted by atomic mass is 9.47. The second kappa shape index (κ2) is 23.7. The van der Waals surface area contributed by atoms with E-state index in [1.54, 1.807) is 12.2 Å². The van der Waals surface area contributed by atoms with E-state index in [1.165, 1.54) is 39.4 Å². The van der Waals surface area contributed by atoms with Gasteiger partial charge in [0.2, 0.25) is 0 Å². The van der Waals surface area contributed by atoms with E-state index in [9.17, 15) is 15.0 Å². The van der Waals surface area contributed by atoms with Crippen LogP contribution in [0.4, 0.5) is 16.2 Å². The van der Waals surface area contributed by atoms with Crippen molar-refractivity contribution in [3.05, 3.63) is 124 Å². The molecule has 17 nitrogen and oxygen atoms in total. The Kier molecular flexibility index (Phi) is 17.3. The molecule has 1 saturated carbocycles. The summed E-state index contributed by atoms with van der Waals surface area (Å²) in [6.45, 7) is 20.8. The second-order valence-corrected chi connectivity index (χ2v) is 27.1. The number of fused-ring (bicyclic) bond motifs is 3. The van der Waals surface area contributed by atoms with E-state index in [-0.39, 0.29) is 23.9 Å². The van der Waals surface area contributed by atoms with Gasteiger partial charge in [-0.1, -0.05) is 113 Å². The minimum atomic E-state index is -2.48. The van der Waals surface area contributed by atoms with Crippen molar-refractivity contribution >= 4 is 35.4 Å². The number of aliphatic hydroxyl groups excluding tert-OH is 1. The van der Waals surface area contributed by atoms with Gasteiger partial charge in [-0.3, -0.25) is 24.2 Å². The number of nitrogens with one attached hydrogen (secondary N) is 1. The maximum Gasteiger partial charge on any atom is 0.509 e. The topological polar surface area (TPSA) is 195 Å². The number of piperidine rings is 1. The molecule has 3 N–H and O–H groups in total. The van der Waals surface area contributed by atoms with Crippen molar-refractivity contribution in [2.45, 2.75) is 179 Å². The van der Waals surface area contributed by atoms with E-state index in [0.29, 0.717) is 119 Å². The highest BCUT2D eigenvalue weighted by atomic mass is 16.8. The van der Waals surface area contributed by atoms with Crippen LogP contribution in [0, 0.1) is 22.2 Å². The van der Waals surface area contributed by atoms with Crippen LogP contribution in [0.2, 0.25) is 0 Å². The van der Waals surface area contributed by atoms with Crippen LogP contribution in [-0.2, 0) is 53.7 Å². The molecule has 0 radical (unpaired) electrons. The van der Waals surface area contributed by atoms with E-state index in [4.69, 9.17) is 33.3 Å². The fourth-order valence-electron chi connectivity index (χ4n) is 17.8. The predicted molar refractivity (Wildman–Crippen MR) is 328 cm³/mol. The lowest BCUT2D eigenvalue weighted by Crippen LogP contribution is -2.82. The standard InChI is InChI=1S/C69H92N4O13/c1-14-65(79)37-46-38-68(60(76)81-11,56(27-21-30-71(41-46)42-65)70-47-23-17-16-18-24-47)53-35-52-54(36-55(53)80-10)73(83-13)58-67(52)29-32-72-31-22-28-66(15-2,57(67)72)59(84-45(5)74)69(58,61(77)82-12)86-62(78)85-49-34-44(4)51(64(8,9)40-49)26-20-19-25-50-43(3)33-48(75)39-63(50,6)7/h16-20,22-28,35-36,46,48-49,57-59,70,75,79H,14-15,21,29-34,37-42H2,1-13H3/t46-,48+,49-,57+,58-,59-,65?,66-,67-,68+,69+/m1/s1. The Balaban J connectivity index is 1.12. The molecule has 0 amide bonds. The molecule has 3 fully saturated rings. The Hall–Kier alpha value is -6.24. The molecule has 3 aliphatic carbocycles. The smallest absolute Gasteiger partial charge is 0.496 e. The minimum Gasteiger partial charge on any atom is -0.496 e. The maximum atomic E-state index is 15.8. The van der Waals surface area contributed by atoms with Crippen LogP contribution < -0.4 is 15.1 Å². The molecular formula is C69H92N4O13. The predicted octanol–water partition coefficient (Wildman–Crippen LogP) is 10.5. The van der Waals surface area contributed by atoms with Crippen molar-refractivity contribution in [2.24, 2.45) is 22.2 Å². The number of carbonyl (C=O) groups is 4. The summed E-state index contributed by atoms with van der Waals surface area (Å²) in [5.41, 5.74) is -0.554. The Morgan fingerprint density at radius 3 is 2.10 bits per heavy atom. The molecule has 2 bridgehead atoms. The number of ether oxygens (including phenoxy) is 6. The molecule has 5 aliphatic heterocycles. The number of nitrogens with zero attached hydrogens (tertiary/aromatic N) is 3. The molecule has 0 aromatic heterocycles. The number of hydrogen-bond donors (Lipinski definition) is 3. The van der Waals surface area contributed by atoms with Crippen LogP contribution in [0.3, 0.4) is 0 Å². The number of methoxy groups -OCH3 is 3. The number of hydroxylamine groups is 1. The Morgan fingerprint density at radius 2 is 1.49 bits per heavy atom. The summed E-state index contributed by atoms with van der Waals surface area (Å²) in [5.74, 6) is -2.09. The molecule has 5 heterocycles. The molecule has 86 heavy (non-hydrogen) atoms. The summed E-state index contributed by atoms with van der Waals surface area (Å²) in [6.07, 6.45) is 15.5. The normalized spacial score (nSPS) is 34.5. The first-order valence-corrected chi connectivity index (χ1v) is 31.0. The second-order valence-electron chi connectivity index (χ2n) is 27.1. The monoisotopic (exact) mass is 1180 g/mol. The highest BCUT2D eigenvalue weighted by Gasteiger charge is 2.83. The molecule has 17 heteroatoms. The number of para-hydroxylation sites is 1. The van der Waals surface area contributed by atoms with E-state index in [1.807, 2.05) is 81.5 Å². The van der Waals surface area contributed by atoms with Crippen LogP contribution in [-0.4, -0.2) is 147 Å². The van der Waals surface area contributed by atoms with Crippen molar-refractivity contribution in [3.63, 3.8) is 0 Å². The molecule has 2 aromatic carbocycles. The number of carbonyl (C=O) groups excluding carboxylic acids is 4. The Bertz CT molecular complexity index is 3160. The Labute approximate surface area is 508 Å². The number of esters is 3. The minimum absolute atomic E-state index is 0.160. The van der Waals surface area contributed by atoms with Crippen LogP contribution in [0.5, 0.6) is 5.75 Å². The first-order chi connectivity index (χ1) is 40.9. The van der Waals surface area contributed by atoms with Gasteiger partial charge in [-0.15, -0.1) is 0 Å². The van der Waals surface area contributed by atoms with Gasteiger partial charge in [0.15, 0.2) is 6.10 Å². The highest BCUT2D eigenvalue weighted by Crippen LogP contribution is 2.69. The van der Waals surface area contributed by atoms with Crippen LogP contribution in [0.15, 0.2) is 113 Å². The molecular weight excluding hydrogens is 1090 g/mol. The summed E-state index contributed by atoms with van der Waals surface area (Å²) >= 11 is 0. The van der Waals surface area contributed by atoms with Gasteiger partial charge in [-0.2, -0.15) is 0 Å². The quantitative estimate of drug-likeness (QED) is 0.0659. The zero-order valence-corrected chi connectivity index (χ0v) is 52.9. The third-order valence-corrected chi connectivity index (χ3v) is 20.9. The van der Waals surface area contributed by atoms with E-state index in [2.05, 4.69) is 74.0 Å². The summed E-state index contributed by atoms with van der Waals surface area (Å²) in [4.78, 5) is 72.1. The van der Waals surface area contributed by atoms with Gasteiger partial charge in [-0.05, 0) is 130 Å². The van der Waals surface area contributed by atoms with Gasteiger partial charge in [0.05, 0.1) is 45.8 Å². The van der Waals surface area contributed by atoms with Crippen molar-refractivity contribution in [1.82, 2.24) is 9.80 Å². The van der Waals surface area contributed by atoms with Crippen molar-refractivity contribution in [2.75, 3.05) is 71.5 Å². The largest absolute Gasteiger partial charge is 0.509 e. The Morgan fingerprint density at radius 1 is 0.802 bits per heavy atom. The highest BCUT2D eigenvalue weighted by molar-refractivity contribution is 5.92. The summed E-state index contributed by atoms with van der Waals surface area (Å²) in [7, 11) is 5.68. The van der Waals surface area contributed by atoms with Crippen LogP contribution >= 0.6 is 0 Å². The number of aliphatic hydroxyl groups is 2. The van der Waals surface area contributed by atoms with Gasteiger partial charge >= 0.3 is 24.1 Å². The first-order valence-electron chi connectivity index (χ1n) is 31.0. The number of benzene rings is 2. The molecule has 2 unspecified atom stereocenters. The molecule has 2 aromatic rings. The number of hydrogen-bond acceptors (Lipinski definition) is 17. The molecule has 2 saturated heterocycles. The fraction of sp³-hybridized carbons (Fsp3) is 0.594.